The van der Waals surface area contributed by atoms with E-state index in [0.29, 0.717) is 35.4 Å². The van der Waals surface area contributed by atoms with E-state index in [2.05, 4.69) is 0 Å². The van der Waals surface area contributed by atoms with Gasteiger partial charge in [0.25, 0.3) is 5.91 Å². The molecule has 0 aliphatic carbocycles. The van der Waals surface area contributed by atoms with Crippen LogP contribution in [0.3, 0.4) is 0 Å². The number of carbonyl (C=O) groups excluding carboxylic acids is 1. The minimum Gasteiger partial charge on any atom is -0.349 e. The molecule has 3 aromatic carbocycles. The van der Waals surface area contributed by atoms with Gasteiger partial charge >= 0.3 is 12.4 Å². The summed E-state index contributed by atoms with van der Waals surface area (Å²) in [6, 6.07) is 12.6. The van der Waals surface area contributed by atoms with Crippen LogP contribution in [0.15, 0.2) is 77.7 Å². The van der Waals surface area contributed by atoms with E-state index in [9.17, 15) is 49.2 Å². The molecule has 38 heavy (non-hydrogen) atoms. The van der Waals surface area contributed by atoms with Crippen molar-refractivity contribution in [3.8, 4) is 11.1 Å². The highest BCUT2D eigenvalue weighted by Crippen LogP contribution is 2.35. The Balaban J connectivity index is 1.90. The van der Waals surface area contributed by atoms with E-state index in [1.54, 1.807) is 0 Å². The lowest BCUT2D eigenvalue weighted by Crippen LogP contribution is -2.62. The molecule has 0 radical (unpaired) electrons. The van der Waals surface area contributed by atoms with E-state index >= 15 is 0 Å². The first-order valence-corrected chi connectivity index (χ1v) is 12.1. The third kappa shape index (κ3) is 6.31. The van der Waals surface area contributed by atoms with Crippen molar-refractivity contribution in [2.75, 3.05) is 0 Å². The van der Waals surface area contributed by atoms with Crippen molar-refractivity contribution in [2.45, 2.75) is 35.1 Å². The van der Waals surface area contributed by atoms with Gasteiger partial charge in [-0.15, -0.1) is 0 Å². The van der Waals surface area contributed by atoms with Crippen molar-refractivity contribution < 1.29 is 49.2 Å². The lowest BCUT2D eigenvalue weighted by molar-refractivity contribution is -0.160. The molecule has 0 fully saturated rings. The average Bonchev–Trinajstić information content (AvgIpc) is 2.85. The van der Waals surface area contributed by atoms with E-state index in [4.69, 9.17) is 0 Å². The Kier molecular flexibility index (Phi) is 8.19. The maximum atomic E-state index is 13.4. The Morgan fingerprint density at radius 2 is 1.45 bits per heavy atom. The molecule has 1 amide bonds. The number of halogens is 7. The molecule has 14 heteroatoms. The monoisotopic (exact) mass is 564 g/mol. The fraction of sp³-hybridized carbons (Fsp3) is 0.208. The van der Waals surface area contributed by atoms with Crippen molar-refractivity contribution >= 4 is 15.7 Å². The van der Waals surface area contributed by atoms with Crippen LogP contribution in [0.2, 0.25) is 0 Å². The predicted octanol–water partition coefficient (Wildman–Crippen LogP) is 5.23. The van der Waals surface area contributed by atoms with Crippen LogP contribution in [0, 0.1) is 5.82 Å². The third-order valence-electron chi connectivity index (χ3n) is 5.51. The Morgan fingerprint density at radius 3 is 1.97 bits per heavy atom. The molecular formula is C24H19F7N2O4S. The molecule has 1 atom stereocenters. The molecule has 3 rings (SSSR count). The highest BCUT2D eigenvalue weighted by atomic mass is 32.2. The van der Waals surface area contributed by atoms with Crippen molar-refractivity contribution in [1.29, 1.82) is 0 Å². The van der Waals surface area contributed by atoms with Gasteiger partial charge < -0.3 is 10.5 Å². The van der Waals surface area contributed by atoms with Crippen LogP contribution >= 0.6 is 0 Å². The molecule has 204 valence electrons. The van der Waals surface area contributed by atoms with E-state index in [1.165, 1.54) is 36.4 Å². The Hall–Kier alpha value is -3.49. The number of amides is 1. The van der Waals surface area contributed by atoms with Gasteiger partial charge in [-0.05, 0) is 59.2 Å². The smallest absolute Gasteiger partial charge is 0.349 e. The maximum Gasteiger partial charge on any atom is 0.416 e. The number of carbonyl (C=O) groups is 1. The first-order chi connectivity index (χ1) is 17.6. The number of benzene rings is 3. The van der Waals surface area contributed by atoms with Crippen LogP contribution in [-0.2, 0) is 27.4 Å². The van der Waals surface area contributed by atoms with E-state index in [-0.39, 0.29) is 5.56 Å². The summed E-state index contributed by atoms with van der Waals surface area (Å²) in [6.45, 7) is -0.506. The van der Waals surface area contributed by atoms with Gasteiger partial charge in [0.05, 0.1) is 16.9 Å². The van der Waals surface area contributed by atoms with Gasteiger partial charge in [-0.25, -0.2) is 12.8 Å². The molecule has 0 saturated carbocycles. The van der Waals surface area contributed by atoms with Crippen LogP contribution in [0.4, 0.5) is 30.7 Å². The van der Waals surface area contributed by atoms with Crippen LogP contribution in [0.5, 0.6) is 0 Å². The number of hydrogen-bond acceptors (Lipinski definition) is 5. The molecule has 1 unspecified atom stereocenters. The van der Waals surface area contributed by atoms with Crippen LogP contribution in [0.25, 0.3) is 11.1 Å². The highest BCUT2D eigenvalue weighted by Gasteiger charge is 2.57. The second-order valence-electron chi connectivity index (χ2n) is 8.15. The largest absolute Gasteiger partial charge is 0.416 e. The number of rotatable bonds is 8. The van der Waals surface area contributed by atoms with Gasteiger partial charge in [-0.2, -0.15) is 31.8 Å². The molecule has 0 spiro atoms. The predicted molar refractivity (Wildman–Crippen MR) is 121 cm³/mol. The van der Waals surface area contributed by atoms with E-state index in [1.807, 2.05) is 5.32 Å². The van der Waals surface area contributed by atoms with Gasteiger partial charge in [-0.3, -0.25) is 4.79 Å². The summed E-state index contributed by atoms with van der Waals surface area (Å²) < 4.78 is 118. The van der Waals surface area contributed by atoms with Crippen LogP contribution in [0.1, 0.15) is 17.5 Å². The first kappa shape index (κ1) is 29.1. The Bertz CT molecular complexity index is 1390. The molecular weight excluding hydrogens is 545 g/mol. The van der Waals surface area contributed by atoms with Gasteiger partial charge in [0.2, 0.25) is 14.7 Å². The Morgan fingerprint density at radius 1 is 0.842 bits per heavy atom. The van der Waals surface area contributed by atoms with Gasteiger partial charge in [0, 0.05) is 6.54 Å². The SMILES string of the molecule is O=C(NCc1cccc(-c2ccc(C(F)(F)F)cc2)c1)C(CC(F)(F)F)(NO)S(=O)(=O)c1ccc(F)cc1. The number of nitrogens with one attached hydrogen (secondary N) is 2. The number of hydrogen-bond donors (Lipinski definition) is 3. The fourth-order valence-electron chi connectivity index (χ4n) is 3.58. The molecule has 6 nitrogen and oxygen atoms in total. The molecule has 0 aliphatic heterocycles. The minimum atomic E-state index is -5.29. The highest BCUT2D eigenvalue weighted by molar-refractivity contribution is 7.93. The summed E-state index contributed by atoms with van der Waals surface area (Å²) >= 11 is 0. The molecule has 0 saturated heterocycles. The maximum absolute atomic E-state index is 13.4. The number of hydroxylamine groups is 1. The zero-order chi connectivity index (χ0) is 28.4. The van der Waals surface area contributed by atoms with Crippen molar-refractivity contribution in [2.24, 2.45) is 0 Å². The quantitative estimate of drug-likeness (QED) is 0.198. The van der Waals surface area contributed by atoms with E-state index in [0.717, 1.165) is 17.6 Å². The number of sulfone groups is 1. The lowest BCUT2D eigenvalue weighted by Gasteiger charge is -2.31. The molecule has 0 bridgehead atoms. The lowest BCUT2D eigenvalue weighted by atomic mass is 10.0. The van der Waals surface area contributed by atoms with Gasteiger partial charge in [0.1, 0.15) is 5.82 Å². The molecule has 3 N–H and O–H groups in total. The molecule has 0 aromatic heterocycles. The molecule has 0 aliphatic rings. The van der Waals surface area contributed by atoms with E-state index < -0.39 is 62.2 Å². The fourth-order valence-corrected chi connectivity index (χ4v) is 5.27. The van der Waals surface area contributed by atoms with Crippen LogP contribution < -0.4 is 10.8 Å². The van der Waals surface area contributed by atoms with Crippen LogP contribution in [-0.4, -0.2) is 30.6 Å². The zero-order valence-corrected chi connectivity index (χ0v) is 19.9. The zero-order valence-electron chi connectivity index (χ0n) is 19.1. The summed E-state index contributed by atoms with van der Waals surface area (Å²) in [5, 5.41) is 11.6. The van der Waals surface area contributed by atoms with Gasteiger partial charge in [-0.1, -0.05) is 30.3 Å². The summed E-state index contributed by atoms with van der Waals surface area (Å²) in [6.07, 6.45) is -12.1. The molecule has 3 aromatic rings. The summed E-state index contributed by atoms with van der Waals surface area (Å²) in [5.41, 5.74) is 1.18. The Labute approximate surface area is 212 Å². The summed E-state index contributed by atoms with van der Waals surface area (Å²) in [4.78, 5) is 8.45. The summed E-state index contributed by atoms with van der Waals surface area (Å²) in [5.74, 6) is -2.64. The first-order valence-electron chi connectivity index (χ1n) is 10.6. The summed E-state index contributed by atoms with van der Waals surface area (Å²) in [7, 11) is -5.29. The topological polar surface area (TPSA) is 95.5 Å². The van der Waals surface area contributed by atoms with Gasteiger partial charge in [0.15, 0.2) is 0 Å². The minimum absolute atomic E-state index is 0.258. The normalized spacial score (nSPS) is 14.1. The standard InChI is InChI=1S/C24H19F7N2O4S/c25-19-8-10-20(11-9-19)38(36,37)22(33-35,14-23(26,27)28)21(34)32-13-15-2-1-3-17(12-15)16-4-6-18(7-5-16)24(29,30)31/h1-12,33,35H,13-14H2,(H,32,34). The second kappa shape index (κ2) is 10.7. The van der Waals surface area contributed by atoms with Crippen molar-refractivity contribution in [3.63, 3.8) is 0 Å². The van der Waals surface area contributed by atoms with Crippen molar-refractivity contribution in [3.05, 3.63) is 89.7 Å². The molecule has 0 heterocycles. The average molecular weight is 564 g/mol. The number of alkyl halides is 6. The second-order valence-corrected chi connectivity index (χ2v) is 10.3. The third-order valence-corrected chi connectivity index (χ3v) is 7.74. The van der Waals surface area contributed by atoms with Crippen molar-refractivity contribution in [1.82, 2.24) is 10.8 Å².